The van der Waals surface area contributed by atoms with E-state index in [1.807, 2.05) is 39.0 Å². The van der Waals surface area contributed by atoms with Gasteiger partial charge in [0.25, 0.3) is 0 Å². The number of likely N-dealkylation sites (tertiary alicyclic amines) is 1. The van der Waals surface area contributed by atoms with Crippen LogP contribution in [0.4, 0.5) is 4.79 Å². The molecule has 1 aliphatic rings. The van der Waals surface area contributed by atoms with E-state index in [0.717, 1.165) is 38.2 Å². The van der Waals surface area contributed by atoms with Crippen molar-refractivity contribution in [1.82, 2.24) is 20.5 Å². The average Bonchev–Trinajstić information content (AvgIpc) is 2.58. The van der Waals surface area contributed by atoms with E-state index in [0.29, 0.717) is 13.1 Å². The number of hydrogen-bond acceptors (Lipinski definition) is 5. The summed E-state index contributed by atoms with van der Waals surface area (Å²) in [4.78, 5) is 30.6. The first-order valence-corrected chi connectivity index (χ1v) is 9.20. The molecule has 0 radical (unpaired) electrons. The molecule has 1 atom stereocenters. The molecule has 144 valence electrons. The van der Waals surface area contributed by atoms with Crippen molar-refractivity contribution in [3.05, 3.63) is 30.1 Å². The predicted octanol–water partition coefficient (Wildman–Crippen LogP) is 1.93. The number of rotatable bonds is 6. The highest BCUT2D eigenvalue weighted by atomic mass is 16.6. The predicted molar refractivity (Wildman–Crippen MR) is 99.5 cm³/mol. The van der Waals surface area contributed by atoms with Gasteiger partial charge in [-0.2, -0.15) is 0 Å². The molecule has 1 aromatic rings. The third kappa shape index (κ3) is 7.39. The van der Waals surface area contributed by atoms with Crippen molar-refractivity contribution < 1.29 is 14.3 Å². The molecule has 7 nitrogen and oxygen atoms in total. The van der Waals surface area contributed by atoms with Crippen LogP contribution in [0.5, 0.6) is 0 Å². The Morgan fingerprint density at radius 1 is 1.27 bits per heavy atom. The van der Waals surface area contributed by atoms with E-state index >= 15 is 0 Å². The second-order valence-electron chi connectivity index (χ2n) is 7.62. The molecule has 1 fully saturated rings. The fourth-order valence-corrected chi connectivity index (χ4v) is 2.94. The van der Waals surface area contributed by atoms with Crippen LogP contribution in [0.2, 0.25) is 0 Å². The lowest BCUT2D eigenvalue weighted by atomic mass is 9.97. The fraction of sp³-hybridized carbons (Fsp3) is 0.632. The highest BCUT2D eigenvalue weighted by Gasteiger charge is 2.25. The van der Waals surface area contributed by atoms with Crippen LogP contribution in [-0.4, -0.2) is 53.7 Å². The summed E-state index contributed by atoms with van der Waals surface area (Å²) in [5.74, 6) is 0.0238. The first kappa shape index (κ1) is 20.2. The molecule has 26 heavy (non-hydrogen) atoms. The summed E-state index contributed by atoms with van der Waals surface area (Å²) < 4.78 is 5.16. The Kier molecular flexibility index (Phi) is 7.38. The molecule has 1 aromatic heterocycles. The van der Waals surface area contributed by atoms with Crippen molar-refractivity contribution in [2.45, 2.75) is 45.8 Å². The van der Waals surface area contributed by atoms with Crippen LogP contribution in [0.25, 0.3) is 0 Å². The second-order valence-corrected chi connectivity index (χ2v) is 7.62. The van der Waals surface area contributed by atoms with Crippen molar-refractivity contribution in [1.29, 1.82) is 0 Å². The minimum atomic E-state index is -0.521. The maximum absolute atomic E-state index is 12.4. The topological polar surface area (TPSA) is 83.6 Å². The molecule has 0 aromatic carbocycles. The molecule has 2 amide bonds. The Labute approximate surface area is 155 Å². The van der Waals surface area contributed by atoms with Crippen molar-refractivity contribution >= 4 is 12.0 Å². The van der Waals surface area contributed by atoms with Gasteiger partial charge in [-0.15, -0.1) is 0 Å². The van der Waals surface area contributed by atoms with E-state index in [-0.39, 0.29) is 11.8 Å². The molecular weight excluding hydrogens is 332 g/mol. The largest absolute Gasteiger partial charge is 0.444 e. The van der Waals surface area contributed by atoms with Gasteiger partial charge in [-0.05, 0) is 52.3 Å². The second kappa shape index (κ2) is 9.52. The minimum Gasteiger partial charge on any atom is -0.444 e. The number of aromatic nitrogens is 1. The zero-order valence-electron chi connectivity index (χ0n) is 16.0. The zero-order chi connectivity index (χ0) is 19.0. The normalized spacial score (nSPS) is 18.2. The third-order valence-electron chi connectivity index (χ3n) is 4.08. The first-order valence-electron chi connectivity index (χ1n) is 9.20. The number of alkyl carbamates (subject to hydrolysis) is 1. The Bertz CT molecular complexity index is 586. The minimum absolute atomic E-state index is 0.0195. The number of amides is 2. The summed E-state index contributed by atoms with van der Waals surface area (Å²) in [5, 5.41) is 5.55. The smallest absolute Gasteiger partial charge is 0.407 e. The van der Waals surface area contributed by atoms with E-state index in [1.165, 1.54) is 0 Å². The van der Waals surface area contributed by atoms with Gasteiger partial charge in [0.05, 0.1) is 11.6 Å². The van der Waals surface area contributed by atoms with Gasteiger partial charge in [0, 0.05) is 32.4 Å². The van der Waals surface area contributed by atoms with Crippen LogP contribution >= 0.6 is 0 Å². The van der Waals surface area contributed by atoms with Gasteiger partial charge in [0.1, 0.15) is 5.60 Å². The van der Waals surface area contributed by atoms with E-state index < -0.39 is 11.7 Å². The molecule has 0 saturated carbocycles. The lowest BCUT2D eigenvalue weighted by Gasteiger charge is -2.31. The Hall–Kier alpha value is -2.15. The summed E-state index contributed by atoms with van der Waals surface area (Å²) in [6, 6.07) is 5.89. The third-order valence-corrected chi connectivity index (χ3v) is 4.08. The Morgan fingerprint density at radius 3 is 2.73 bits per heavy atom. The monoisotopic (exact) mass is 362 g/mol. The molecule has 1 unspecified atom stereocenters. The van der Waals surface area contributed by atoms with Crippen molar-refractivity contribution in [2.24, 2.45) is 5.92 Å². The van der Waals surface area contributed by atoms with Gasteiger partial charge >= 0.3 is 6.09 Å². The number of carbonyl (C=O) groups excluding carboxylic acids is 2. The van der Waals surface area contributed by atoms with Crippen LogP contribution in [-0.2, 0) is 16.1 Å². The lowest BCUT2D eigenvalue weighted by molar-refractivity contribution is -0.126. The highest BCUT2D eigenvalue weighted by Crippen LogP contribution is 2.18. The van der Waals surface area contributed by atoms with Crippen LogP contribution in [0.1, 0.15) is 39.3 Å². The number of nitrogens with zero attached hydrogens (tertiary/aromatic N) is 2. The molecular formula is C19H30N4O3. The quantitative estimate of drug-likeness (QED) is 0.756. The van der Waals surface area contributed by atoms with E-state index in [2.05, 4.69) is 20.5 Å². The highest BCUT2D eigenvalue weighted by molar-refractivity contribution is 5.79. The molecule has 2 N–H and O–H groups in total. The molecule has 7 heteroatoms. The van der Waals surface area contributed by atoms with Crippen molar-refractivity contribution in [2.75, 3.05) is 26.2 Å². The molecule has 0 aliphatic carbocycles. The molecule has 1 aliphatic heterocycles. The number of piperidine rings is 1. The van der Waals surface area contributed by atoms with E-state index in [9.17, 15) is 9.59 Å². The van der Waals surface area contributed by atoms with Crippen LogP contribution < -0.4 is 10.6 Å². The lowest BCUT2D eigenvalue weighted by Crippen LogP contribution is -2.44. The summed E-state index contributed by atoms with van der Waals surface area (Å²) in [5.41, 5.74) is 0.502. The summed E-state index contributed by atoms with van der Waals surface area (Å²) >= 11 is 0. The number of nitrogens with one attached hydrogen (secondary N) is 2. The zero-order valence-corrected chi connectivity index (χ0v) is 16.0. The van der Waals surface area contributed by atoms with Crippen LogP contribution in [0.3, 0.4) is 0 Å². The van der Waals surface area contributed by atoms with Crippen LogP contribution in [0.15, 0.2) is 24.4 Å². The maximum atomic E-state index is 12.4. The summed E-state index contributed by atoms with van der Waals surface area (Å²) in [6.07, 6.45) is 3.22. The van der Waals surface area contributed by atoms with Gasteiger partial charge in [0.2, 0.25) is 5.91 Å². The number of pyridine rings is 1. The molecule has 2 heterocycles. The molecule has 1 saturated heterocycles. The molecule has 0 bridgehead atoms. The van der Waals surface area contributed by atoms with E-state index in [4.69, 9.17) is 4.74 Å². The van der Waals surface area contributed by atoms with Gasteiger partial charge in [-0.25, -0.2) is 4.79 Å². The first-order chi connectivity index (χ1) is 12.3. The number of carbonyl (C=O) groups is 2. The molecule has 0 spiro atoms. The Balaban J connectivity index is 1.68. The van der Waals surface area contributed by atoms with Crippen molar-refractivity contribution in [3.8, 4) is 0 Å². The van der Waals surface area contributed by atoms with Crippen LogP contribution in [0, 0.1) is 5.92 Å². The van der Waals surface area contributed by atoms with Gasteiger partial charge in [-0.1, -0.05) is 6.07 Å². The summed E-state index contributed by atoms with van der Waals surface area (Å²) in [6.45, 7) is 8.68. The number of ether oxygens (including phenoxy) is 1. The fourth-order valence-electron chi connectivity index (χ4n) is 2.94. The van der Waals surface area contributed by atoms with E-state index in [1.54, 1.807) is 6.20 Å². The SMILES string of the molecule is CC(C)(C)OC(=O)NCCNC(=O)C1CCCN(Cc2ccccn2)C1. The summed E-state index contributed by atoms with van der Waals surface area (Å²) in [7, 11) is 0. The average molecular weight is 362 g/mol. The van der Waals surface area contributed by atoms with Gasteiger partial charge in [-0.3, -0.25) is 14.7 Å². The molecule has 2 rings (SSSR count). The maximum Gasteiger partial charge on any atom is 0.407 e. The van der Waals surface area contributed by atoms with Gasteiger partial charge in [0.15, 0.2) is 0 Å². The number of hydrogen-bond donors (Lipinski definition) is 2. The van der Waals surface area contributed by atoms with Crippen molar-refractivity contribution in [3.63, 3.8) is 0 Å². The van der Waals surface area contributed by atoms with Gasteiger partial charge < -0.3 is 15.4 Å². The standard InChI is InChI=1S/C19H30N4O3/c1-19(2,3)26-18(25)22-11-10-21-17(24)15-7-6-12-23(13-15)14-16-8-4-5-9-20-16/h4-5,8-9,15H,6-7,10-14H2,1-3H3,(H,21,24)(H,22,25). The Morgan fingerprint density at radius 2 is 2.04 bits per heavy atom.